The number of nitrogens with zero attached hydrogens (tertiary/aromatic N) is 1. The quantitative estimate of drug-likeness (QED) is 0.809. The standard InChI is InChI=1S/C17H30N2/c1-6-12-19(14(2)3)13-17(4,5)16(18)15-10-8-7-9-11-15/h7-11,14,16H,6,12-13,18H2,1-5H3. The van der Waals surface area contributed by atoms with Gasteiger partial charge in [-0.2, -0.15) is 0 Å². The first-order chi connectivity index (χ1) is 8.88. The number of hydrogen-bond donors (Lipinski definition) is 1. The first kappa shape index (κ1) is 16.2. The third-order valence-electron chi connectivity index (χ3n) is 3.85. The van der Waals surface area contributed by atoms with Crippen molar-refractivity contribution in [3.8, 4) is 0 Å². The number of rotatable bonds is 7. The fraction of sp³-hybridized carbons (Fsp3) is 0.647. The summed E-state index contributed by atoms with van der Waals surface area (Å²) in [4.78, 5) is 2.53. The Labute approximate surface area is 119 Å². The van der Waals surface area contributed by atoms with Crippen LogP contribution in [0.2, 0.25) is 0 Å². The summed E-state index contributed by atoms with van der Waals surface area (Å²) >= 11 is 0. The molecule has 0 aliphatic rings. The summed E-state index contributed by atoms with van der Waals surface area (Å²) in [7, 11) is 0. The van der Waals surface area contributed by atoms with E-state index in [9.17, 15) is 0 Å². The minimum Gasteiger partial charge on any atom is -0.323 e. The van der Waals surface area contributed by atoms with Crippen LogP contribution in [0.1, 0.15) is 52.6 Å². The van der Waals surface area contributed by atoms with E-state index >= 15 is 0 Å². The van der Waals surface area contributed by atoms with Crippen LogP contribution in [0.15, 0.2) is 30.3 Å². The van der Waals surface area contributed by atoms with E-state index in [0.717, 1.165) is 13.1 Å². The van der Waals surface area contributed by atoms with Gasteiger partial charge in [0.15, 0.2) is 0 Å². The van der Waals surface area contributed by atoms with Crippen LogP contribution >= 0.6 is 0 Å². The largest absolute Gasteiger partial charge is 0.323 e. The van der Waals surface area contributed by atoms with Gasteiger partial charge < -0.3 is 10.6 Å². The molecule has 0 aliphatic carbocycles. The molecule has 0 aromatic heterocycles. The Bertz CT molecular complexity index is 357. The third-order valence-corrected chi connectivity index (χ3v) is 3.85. The second kappa shape index (κ2) is 7.06. The van der Waals surface area contributed by atoms with Crippen molar-refractivity contribution in [3.05, 3.63) is 35.9 Å². The average molecular weight is 262 g/mol. The van der Waals surface area contributed by atoms with Gasteiger partial charge >= 0.3 is 0 Å². The fourth-order valence-corrected chi connectivity index (χ4v) is 2.54. The second-order valence-electron chi connectivity index (χ2n) is 6.44. The maximum Gasteiger partial charge on any atom is 0.0359 e. The average Bonchev–Trinajstić information content (AvgIpc) is 2.38. The van der Waals surface area contributed by atoms with Crippen LogP contribution in [0.3, 0.4) is 0 Å². The van der Waals surface area contributed by atoms with Crippen LogP contribution in [0.5, 0.6) is 0 Å². The summed E-state index contributed by atoms with van der Waals surface area (Å²) in [5, 5.41) is 0. The Hall–Kier alpha value is -0.860. The molecule has 0 radical (unpaired) electrons. The molecule has 0 amide bonds. The molecule has 1 aromatic rings. The van der Waals surface area contributed by atoms with Gasteiger partial charge in [0.25, 0.3) is 0 Å². The number of hydrogen-bond acceptors (Lipinski definition) is 2. The van der Waals surface area contributed by atoms with Crippen molar-refractivity contribution in [3.63, 3.8) is 0 Å². The van der Waals surface area contributed by atoms with Gasteiger partial charge in [-0.25, -0.2) is 0 Å². The van der Waals surface area contributed by atoms with Gasteiger partial charge in [-0.05, 0) is 37.8 Å². The summed E-state index contributed by atoms with van der Waals surface area (Å²) in [5.74, 6) is 0. The van der Waals surface area contributed by atoms with Crippen molar-refractivity contribution in [1.82, 2.24) is 4.90 Å². The molecule has 0 saturated heterocycles. The highest BCUT2D eigenvalue weighted by Gasteiger charge is 2.30. The topological polar surface area (TPSA) is 29.3 Å². The maximum absolute atomic E-state index is 6.49. The van der Waals surface area contributed by atoms with E-state index in [1.807, 2.05) is 6.07 Å². The summed E-state index contributed by atoms with van der Waals surface area (Å²) < 4.78 is 0. The predicted molar refractivity (Wildman–Crippen MR) is 84.2 cm³/mol. The van der Waals surface area contributed by atoms with Crippen molar-refractivity contribution in [2.45, 2.75) is 53.1 Å². The van der Waals surface area contributed by atoms with Gasteiger partial charge in [0, 0.05) is 18.6 Å². The first-order valence-electron chi connectivity index (χ1n) is 7.43. The third kappa shape index (κ3) is 4.63. The summed E-state index contributed by atoms with van der Waals surface area (Å²) in [6.45, 7) is 13.5. The zero-order valence-electron chi connectivity index (χ0n) is 13.2. The molecule has 108 valence electrons. The molecule has 19 heavy (non-hydrogen) atoms. The lowest BCUT2D eigenvalue weighted by molar-refractivity contribution is 0.124. The Morgan fingerprint density at radius 1 is 1.16 bits per heavy atom. The van der Waals surface area contributed by atoms with Crippen LogP contribution in [0.25, 0.3) is 0 Å². The van der Waals surface area contributed by atoms with E-state index in [1.54, 1.807) is 0 Å². The Kier molecular flexibility index (Phi) is 6.02. The van der Waals surface area contributed by atoms with Crippen LogP contribution in [0.4, 0.5) is 0 Å². The van der Waals surface area contributed by atoms with Crippen molar-refractivity contribution in [1.29, 1.82) is 0 Å². The normalized spacial score (nSPS) is 14.1. The van der Waals surface area contributed by atoms with Gasteiger partial charge in [0.05, 0.1) is 0 Å². The maximum atomic E-state index is 6.49. The van der Waals surface area contributed by atoms with Crippen LogP contribution in [0, 0.1) is 5.41 Å². The molecule has 1 atom stereocenters. The second-order valence-corrected chi connectivity index (χ2v) is 6.44. The van der Waals surface area contributed by atoms with E-state index in [1.165, 1.54) is 12.0 Å². The van der Waals surface area contributed by atoms with Crippen molar-refractivity contribution in [2.24, 2.45) is 11.1 Å². The van der Waals surface area contributed by atoms with E-state index in [-0.39, 0.29) is 11.5 Å². The lowest BCUT2D eigenvalue weighted by atomic mass is 9.80. The summed E-state index contributed by atoms with van der Waals surface area (Å²) in [6.07, 6.45) is 1.19. The Balaban J connectivity index is 2.79. The minimum atomic E-state index is 0.0702. The highest BCUT2D eigenvalue weighted by Crippen LogP contribution is 2.32. The molecule has 1 rings (SSSR count). The molecule has 2 N–H and O–H groups in total. The molecule has 0 saturated carbocycles. The first-order valence-corrected chi connectivity index (χ1v) is 7.43. The lowest BCUT2D eigenvalue weighted by Gasteiger charge is -2.39. The smallest absolute Gasteiger partial charge is 0.0359 e. The van der Waals surface area contributed by atoms with E-state index in [0.29, 0.717) is 6.04 Å². The van der Waals surface area contributed by atoms with Gasteiger partial charge in [-0.3, -0.25) is 0 Å². The minimum absolute atomic E-state index is 0.0702. The predicted octanol–water partition coefficient (Wildman–Crippen LogP) is 3.83. The van der Waals surface area contributed by atoms with E-state index in [4.69, 9.17) is 5.73 Å². The monoisotopic (exact) mass is 262 g/mol. The molecule has 0 aliphatic heterocycles. The number of benzene rings is 1. The van der Waals surface area contributed by atoms with Crippen molar-refractivity contribution >= 4 is 0 Å². The molecule has 0 heterocycles. The van der Waals surface area contributed by atoms with Gasteiger partial charge in [-0.1, -0.05) is 51.1 Å². The van der Waals surface area contributed by atoms with Gasteiger partial charge in [0.2, 0.25) is 0 Å². The van der Waals surface area contributed by atoms with E-state index in [2.05, 4.69) is 63.8 Å². The molecule has 2 nitrogen and oxygen atoms in total. The molecule has 0 spiro atoms. The van der Waals surface area contributed by atoms with Crippen molar-refractivity contribution in [2.75, 3.05) is 13.1 Å². The van der Waals surface area contributed by atoms with Crippen molar-refractivity contribution < 1.29 is 0 Å². The molecule has 2 heteroatoms. The fourth-order valence-electron chi connectivity index (χ4n) is 2.54. The van der Waals surface area contributed by atoms with Crippen LogP contribution in [-0.4, -0.2) is 24.0 Å². The Morgan fingerprint density at radius 2 is 1.74 bits per heavy atom. The highest BCUT2D eigenvalue weighted by atomic mass is 15.2. The lowest BCUT2D eigenvalue weighted by Crippen LogP contribution is -2.44. The van der Waals surface area contributed by atoms with E-state index < -0.39 is 0 Å². The molecule has 0 bridgehead atoms. The zero-order valence-corrected chi connectivity index (χ0v) is 13.2. The summed E-state index contributed by atoms with van der Waals surface area (Å²) in [5.41, 5.74) is 7.79. The zero-order chi connectivity index (χ0) is 14.5. The Morgan fingerprint density at radius 3 is 2.21 bits per heavy atom. The van der Waals surface area contributed by atoms with Crippen LogP contribution in [-0.2, 0) is 0 Å². The summed E-state index contributed by atoms with van der Waals surface area (Å²) in [6, 6.07) is 11.1. The molecular weight excluding hydrogens is 232 g/mol. The van der Waals surface area contributed by atoms with Gasteiger partial charge in [0.1, 0.15) is 0 Å². The molecule has 0 fully saturated rings. The molecular formula is C17H30N2. The number of nitrogens with two attached hydrogens (primary N) is 1. The highest BCUT2D eigenvalue weighted by molar-refractivity contribution is 5.20. The molecule has 1 unspecified atom stereocenters. The SMILES string of the molecule is CCCN(CC(C)(C)C(N)c1ccccc1)C(C)C. The van der Waals surface area contributed by atoms with Crippen LogP contribution < -0.4 is 5.73 Å². The molecule has 1 aromatic carbocycles. The van der Waals surface area contributed by atoms with Gasteiger partial charge in [-0.15, -0.1) is 0 Å².